The maximum absolute atomic E-state index is 3.63. The van der Waals surface area contributed by atoms with Gasteiger partial charge in [-0.15, -0.1) is 0 Å². The van der Waals surface area contributed by atoms with Crippen molar-refractivity contribution in [2.24, 2.45) is 11.3 Å². The third kappa shape index (κ3) is 3.75. The highest BCUT2D eigenvalue weighted by Gasteiger charge is 2.38. The third-order valence-corrected chi connectivity index (χ3v) is 5.80. The molecule has 0 spiro atoms. The molecule has 20 heavy (non-hydrogen) atoms. The van der Waals surface area contributed by atoms with E-state index in [1.165, 1.54) is 51.7 Å². The molecule has 2 fully saturated rings. The summed E-state index contributed by atoms with van der Waals surface area (Å²) in [5, 5.41) is 3.63. The Hall–Kier alpha value is -0.120. The Kier molecular flexibility index (Phi) is 5.49. The Balaban J connectivity index is 1.87. The van der Waals surface area contributed by atoms with Crippen LogP contribution in [0.2, 0.25) is 0 Å². The molecule has 0 bridgehead atoms. The fourth-order valence-corrected chi connectivity index (χ4v) is 4.55. The van der Waals surface area contributed by atoms with Crippen molar-refractivity contribution in [2.45, 2.75) is 58.0 Å². The van der Waals surface area contributed by atoms with E-state index in [1.54, 1.807) is 0 Å². The lowest BCUT2D eigenvalue weighted by Gasteiger charge is -2.46. The largest absolute Gasteiger partial charge is 0.316 e. The first kappa shape index (κ1) is 16.3. The fourth-order valence-electron chi connectivity index (χ4n) is 4.55. The van der Waals surface area contributed by atoms with Gasteiger partial charge in [0, 0.05) is 18.6 Å². The van der Waals surface area contributed by atoms with Crippen LogP contribution >= 0.6 is 0 Å². The number of hydrogen-bond donors (Lipinski definition) is 1. The van der Waals surface area contributed by atoms with Gasteiger partial charge in [-0.2, -0.15) is 0 Å². The van der Waals surface area contributed by atoms with Gasteiger partial charge in [0.1, 0.15) is 0 Å². The summed E-state index contributed by atoms with van der Waals surface area (Å²) in [6.07, 6.45) is 6.87. The summed E-state index contributed by atoms with van der Waals surface area (Å²) in [5.41, 5.74) is 0.458. The van der Waals surface area contributed by atoms with Crippen LogP contribution in [0.3, 0.4) is 0 Å². The second-order valence-electron chi connectivity index (χ2n) is 7.90. The van der Waals surface area contributed by atoms with E-state index in [4.69, 9.17) is 0 Å². The number of rotatable bonds is 4. The highest BCUT2D eigenvalue weighted by molar-refractivity contribution is 4.94. The molecule has 1 aliphatic carbocycles. The van der Waals surface area contributed by atoms with Crippen molar-refractivity contribution in [1.29, 1.82) is 0 Å². The first-order chi connectivity index (χ1) is 9.44. The Bertz CT molecular complexity index is 293. The standard InChI is InChI=1S/C17H35N3/c1-17(2)10-6-7-14(16(17)18-3)13-20-11-8-15(9-12-20)19(4)5/h14-16,18H,6-13H2,1-5H3. The molecule has 2 rings (SSSR count). The van der Waals surface area contributed by atoms with Gasteiger partial charge in [-0.25, -0.2) is 0 Å². The summed E-state index contributed by atoms with van der Waals surface area (Å²) < 4.78 is 0. The molecule has 2 atom stereocenters. The molecule has 3 heteroatoms. The Morgan fingerprint density at radius 2 is 1.80 bits per heavy atom. The predicted molar refractivity (Wildman–Crippen MR) is 87.1 cm³/mol. The Labute approximate surface area is 126 Å². The lowest BCUT2D eigenvalue weighted by molar-refractivity contribution is 0.0654. The average molecular weight is 281 g/mol. The monoisotopic (exact) mass is 281 g/mol. The second kappa shape index (κ2) is 6.76. The van der Waals surface area contributed by atoms with Gasteiger partial charge in [0.25, 0.3) is 0 Å². The first-order valence-electron chi connectivity index (χ1n) is 8.50. The van der Waals surface area contributed by atoms with Crippen molar-refractivity contribution in [2.75, 3.05) is 40.8 Å². The van der Waals surface area contributed by atoms with Gasteiger partial charge < -0.3 is 15.1 Å². The van der Waals surface area contributed by atoms with Crippen molar-refractivity contribution < 1.29 is 0 Å². The van der Waals surface area contributed by atoms with Gasteiger partial charge in [0.2, 0.25) is 0 Å². The maximum atomic E-state index is 3.63. The van der Waals surface area contributed by atoms with E-state index in [0.29, 0.717) is 11.5 Å². The highest BCUT2D eigenvalue weighted by Crippen LogP contribution is 2.39. The number of hydrogen-bond acceptors (Lipinski definition) is 3. The molecule has 1 heterocycles. The molecule has 3 nitrogen and oxygen atoms in total. The molecular weight excluding hydrogens is 246 g/mol. The lowest BCUT2D eigenvalue weighted by atomic mass is 9.67. The molecule has 0 aromatic rings. The van der Waals surface area contributed by atoms with Crippen LogP contribution < -0.4 is 5.32 Å². The molecule has 1 saturated carbocycles. The number of likely N-dealkylation sites (tertiary alicyclic amines) is 1. The van der Waals surface area contributed by atoms with Crippen molar-refractivity contribution in [3.8, 4) is 0 Å². The van der Waals surface area contributed by atoms with E-state index >= 15 is 0 Å². The Morgan fingerprint density at radius 1 is 1.15 bits per heavy atom. The van der Waals surface area contributed by atoms with Crippen LogP contribution in [0.4, 0.5) is 0 Å². The zero-order valence-electron chi connectivity index (χ0n) is 14.3. The summed E-state index contributed by atoms with van der Waals surface area (Å²) >= 11 is 0. The van der Waals surface area contributed by atoms with Gasteiger partial charge in [-0.3, -0.25) is 0 Å². The summed E-state index contributed by atoms with van der Waals surface area (Å²) in [6, 6.07) is 1.48. The van der Waals surface area contributed by atoms with Crippen LogP contribution in [0, 0.1) is 11.3 Å². The van der Waals surface area contributed by atoms with Crippen molar-refractivity contribution in [3.05, 3.63) is 0 Å². The topological polar surface area (TPSA) is 18.5 Å². The van der Waals surface area contributed by atoms with E-state index in [-0.39, 0.29) is 0 Å². The van der Waals surface area contributed by atoms with Gasteiger partial charge >= 0.3 is 0 Å². The van der Waals surface area contributed by atoms with Gasteiger partial charge in [0.15, 0.2) is 0 Å². The minimum absolute atomic E-state index is 0.458. The summed E-state index contributed by atoms with van der Waals surface area (Å²) in [5.74, 6) is 0.833. The molecule has 0 aromatic heterocycles. The first-order valence-corrected chi connectivity index (χ1v) is 8.50. The smallest absolute Gasteiger partial charge is 0.0156 e. The molecule has 0 aromatic carbocycles. The van der Waals surface area contributed by atoms with Gasteiger partial charge in [-0.05, 0) is 71.2 Å². The van der Waals surface area contributed by atoms with E-state index in [9.17, 15) is 0 Å². The van der Waals surface area contributed by atoms with Crippen LogP contribution in [-0.2, 0) is 0 Å². The van der Waals surface area contributed by atoms with Gasteiger partial charge in [0.05, 0.1) is 0 Å². The number of nitrogens with one attached hydrogen (secondary N) is 1. The van der Waals surface area contributed by atoms with Crippen molar-refractivity contribution >= 4 is 0 Å². The molecule has 1 N–H and O–H groups in total. The summed E-state index contributed by atoms with van der Waals surface area (Å²) in [6.45, 7) is 8.76. The average Bonchev–Trinajstić information content (AvgIpc) is 2.38. The van der Waals surface area contributed by atoms with Crippen LogP contribution in [0.1, 0.15) is 46.0 Å². The lowest BCUT2D eigenvalue weighted by Crippen LogP contribution is -2.53. The molecule has 0 radical (unpaired) electrons. The van der Waals surface area contributed by atoms with E-state index in [2.05, 4.69) is 50.1 Å². The van der Waals surface area contributed by atoms with Crippen molar-refractivity contribution in [1.82, 2.24) is 15.1 Å². The number of nitrogens with zero attached hydrogens (tertiary/aromatic N) is 2. The molecular formula is C17H35N3. The minimum Gasteiger partial charge on any atom is -0.316 e. The van der Waals surface area contributed by atoms with E-state index in [0.717, 1.165) is 12.0 Å². The van der Waals surface area contributed by atoms with Gasteiger partial charge in [-0.1, -0.05) is 20.3 Å². The second-order valence-corrected chi connectivity index (χ2v) is 7.90. The molecule has 118 valence electrons. The maximum Gasteiger partial charge on any atom is 0.0156 e. The highest BCUT2D eigenvalue weighted by atomic mass is 15.2. The molecule has 1 aliphatic heterocycles. The third-order valence-electron chi connectivity index (χ3n) is 5.80. The SMILES string of the molecule is CNC1C(CN2CCC(N(C)C)CC2)CCCC1(C)C. The fraction of sp³-hybridized carbons (Fsp3) is 1.00. The molecule has 1 saturated heterocycles. The van der Waals surface area contributed by atoms with E-state index in [1.807, 2.05) is 0 Å². The Morgan fingerprint density at radius 3 is 2.35 bits per heavy atom. The number of piperidine rings is 1. The quantitative estimate of drug-likeness (QED) is 0.854. The van der Waals surface area contributed by atoms with Crippen LogP contribution in [-0.4, -0.2) is 62.7 Å². The van der Waals surface area contributed by atoms with Crippen LogP contribution in [0.25, 0.3) is 0 Å². The van der Waals surface area contributed by atoms with Crippen LogP contribution in [0.15, 0.2) is 0 Å². The zero-order valence-corrected chi connectivity index (χ0v) is 14.3. The minimum atomic E-state index is 0.458. The van der Waals surface area contributed by atoms with Crippen molar-refractivity contribution in [3.63, 3.8) is 0 Å². The van der Waals surface area contributed by atoms with Crippen LogP contribution in [0.5, 0.6) is 0 Å². The zero-order chi connectivity index (χ0) is 14.8. The van der Waals surface area contributed by atoms with E-state index < -0.39 is 0 Å². The summed E-state index contributed by atoms with van der Waals surface area (Å²) in [4.78, 5) is 5.12. The summed E-state index contributed by atoms with van der Waals surface area (Å²) in [7, 11) is 6.60. The predicted octanol–water partition coefficient (Wildman–Crippen LogP) is 2.43. The molecule has 0 amide bonds. The molecule has 2 aliphatic rings. The molecule has 2 unspecified atom stereocenters. The normalized spacial score (nSPS) is 32.7.